The number of piperazine rings is 1. The molecule has 1 aromatic heterocycles. The first-order valence-corrected chi connectivity index (χ1v) is 15.9. The first-order chi connectivity index (χ1) is 20.6. The molecular weight excluding hydrogens is 564 g/mol. The van der Waals surface area contributed by atoms with Crippen molar-refractivity contribution < 1.29 is 24.5 Å². The van der Waals surface area contributed by atoms with Crippen LogP contribution in [0, 0.1) is 38.5 Å². The predicted molar refractivity (Wildman–Crippen MR) is 166 cm³/mol. The number of aryl methyl sites for hydroxylation is 3. The number of carbonyl (C=O) groups is 2. The number of amides is 2. The number of aromatic nitrogens is 1. The number of nitrogens with zero attached hydrogens (tertiary/aromatic N) is 4. The summed E-state index contributed by atoms with van der Waals surface area (Å²) < 4.78 is 6.43. The molecule has 6 rings (SSSR count). The highest BCUT2D eigenvalue weighted by Crippen LogP contribution is 2.45. The topological polar surface area (TPSA) is 106 Å². The van der Waals surface area contributed by atoms with Crippen LogP contribution in [0.4, 0.5) is 5.13 Å². The second-order valence-electron chi connectivity index (χ2n) is 12.4. The fourth-order valence-electron chi connectivity index (χ4n) is 7.02. The number of carbonyl (C=O) groups excluding carboxylic acids is 2. The number of likely N-dealkylation sites (N-methyl/N-ethyl adjacent to an activating group) is 1. The van der Waals surface area contributed by atoms with Crippen molar-refractivity contribution >= 4 is 28.3 Å². The van der Waals surface area contributed by atoms with E-state index in [4.69, 9.17) is 9.72 Å². The molecular formula is C33H40N4O5S. The summed E-state index contributed by atoms with van der Waals surface area (Å²) in [6.45, 7) is 9.17. The Labute approximate surface area is 256 Å². The van der Waals surface area contributed by atoms with Gasteiger partial charge in [-0.3, -0.25) is 9.59 Å². The van der Waals surface area contributed by atoms with E-state index < -0.39 is 6.29 Å². The van der Waals surface area contributed by atoms with E-state index in [0.717, 1.165) is 70.3 Å². The molecule has 3 aromatic rings. The van der Waals surface area contributed by atoms with E-state index in [0.29, 0.717) is 25.3 Å². The third-order valence-corrected chi connectivity index (χ3v) is 10.4. The molecule has 43 heavy (non-hydrogen) atoms. The normalized spacial score (nSPS) is 22.1. The van der Waals surface area contributed by atoms with Crippen LogP contribution in [-0.4, -0.2) is 82.9 Å². The average Bonchev–Trinajstić information content (AvgIpc) is 3.57. The van der Waals surface area contributed by atoms with E-state index in [1.807, 2.05) is 38.1 Å². The van der Waals surface area contributed by atoms with Crippen LogP contribution in [0.1, 0.15) is 45.5 Å². The summed E-state index contributed by atoms with van der Waals surface area (Å²) >= 11 is 1.62. The molecule has 228 valence electrons. The van der Waals surface area contributed by atoms with Gasteiger partial charge in [0, 0.05) is 55.7 Å². The molecule has 0 radical (unpaired) electrons. The van der Waals surface area contributed by atoms with Gasteiger partial charge in [0.15, 0.2) is 11.4 Å². The maximum absolute atomic E-state index is 13.2. The lowest BCUT2D eigenvalue weighted by Crippen LogP contribution is -2.50. The lowest BCUT2D eigenvalue weighted by Gasteiger charge is -2.38. The van der Waals surface area contributed by atoms with Crippen LogP contribution in [0.15, 0.2) is 35.7 Å². The van der Waals surface area contributed by atoms with Gasteiger partial charge in [-0.25, -0.2) is 4.98 Å². The molecule has 2 N–H and O–H groups in total. The molecule has 3 fully saturated rings. The first-order valence-electron chi connectivity index (χ1n) is 15.0. The van der Waals surface area contributed by atoms with E-state index in [1.165, 1.54) is 0 Å². The minimum absolute atomic E-state index is 0.0393. The number of piperidine rings is 1. The van der Waals surface area contributed by atoms with E-state index in [2.05, 4.69) is 23.3 Å². The molecule has 1 saturated carbocycles. The molecule has 2 aromatic carbocycles. The van der Waals surface area contributed by atoms with Crippen molar-refractivity contribution in [2.24, 2.45) is 17.8 Å². The van der Waals surface area contributed by atoms with Gasteiger partial charge >= 0.3 is 0 Å². The average molecular weight is 605 g/mol. The monoisotopic (exact) mass is 604 g/mol. The fraction of sp³-hybridized carbons (Fsp3) is 0.485. The minimum Gasteiger partial charge on any atom is -0.488 e. The molecule has 0 spiro atoms. The van der Waals surface area contributed by atoms with Crippen LogP contribution < -0.4 is 9.64 Å². The number of rotatable bonds is 7. The zero-order chi connectivity index (χ0) is 30.4. The van der Waals surface area contributed by atoms with Crippen molar-refractivity contribution in [3.05, 3.63) is 63.5 Å². The van der Waals surface area contributed by atoms with Crippen LogP contribution in [0.5, 0.6) is 5.75 Å². The number of anilines is 1. The van der Waals surface area contributed by atoms with Crippen molar-refractivity contribution in [1.82, 2.24) is 14.8 Å². The van der Waals surface area contributed by atoms with Gasteiger partial charge in [0.25, 0.3) is 5.91 Å². The molecule has 2 bridgehead atoms. The number of hydrogen-bond donors (Lipinski definition) is 2. The van der Waals surface area contributed by atoms with Crippen molar-refractivity contribution in [2.45, 2.75) is 46.5 Å². The van der Waals surface area contributed by atoms with Gasteiger partial charge in [-0.15, -0.1) is 11.3 Å². The number of thiazole rings is 1. The molecule has 9 nitrogen and oxygen atoms in total. The van der Waals surface area contributed by atoms with E-state index in [-0.39, 0.29) is 36.1 Å². The Morgan fingerprint density at radius 2 is 1.77 bits per heavy atom. The zero-order valence-electron chi connectivity index (χ0n) is 25.2. The van der Waals surface area contributed by atoms with Gasteiger partial charge in [0.2, 0.25) is 5.91 Å². The summed E-state index contributed by atoms with van der Waals surface area (Å²) in [6, 6.07) is 9.92. The molecule has 10 heteroatoms. The van der Waals surface area contributed by atoms with Crippen LogP contribution in [0.2, 0.25) is 0 Å². The number of benzene rings is 2. The van der Waals surface area contributed by atoms with Crippen molar-refractivity contribution in [3.8, 4) is 17.0 Å². The third kappa shape index (κ3) is 5.88. The van der Waals surface area contributed by atoms with Crippen molar-refractivity contribution in [3.63, 3.8) is 0 Å². The molecule has 2 amide bonds. The lowest BCUT2D eigenvalue weighted by molar-refractivity contribution is -0.133. The number of fused-ring (bicyclic) bond motifs is 2. The van der Waals surface area contributed by atoms with Crippen molar-refractivity contribution in [1.29, 1.82) is 0 Å². The second-order valence-corrected chi connectivity index (χ2v) is 13.3. The Kier molecular flexibility index (Phi) is 8.19. The largest absolute Gasteiger partial charge is 0.488 e. The van der Waals surface area contributed by atoms with Gasteiger partial charge in [-0.2, -0.15) is 0 Å². The maximum Gasteiger partial charge on any atom is 0.254 e. The van der Waals surface area contributed by atoms with Crippen LogP contribution >= 0.6 is 11.3 Å². The SMILES string of the molecule is Cc1ccc(OCc2c(C)cc(C(=O)N3CCN(C)C(=O)C3)cc2C)c(-c2csc(N3CC4CCC(C3)C4C(O)O)n2)c1. The Morgan fingerprint density at radius 1 is 1.07 bits per heavy atom. The predicted octanol–water partition coefficient (Wildman–Crippen LogP) is 4.00. The third-order valence-electron chi connectivity index (χ3n) is 9.48. The quantitative estimate of drug-likeness (QED) is 0.393. The number of ether oxygens (including phenoxy) is 1. The van der Waals surface area contributed by atoms with Crippen LogP contribution in [-0.2, 0) is 11.4 Å². The molecule has 2 atom stereocenters. The number of aliphatic hydroxyl groups excluding tert-OH is 1. The highest BCUT2D eigenvalue weighted by atomic mass is 32.1. The van der Waals surface area contributed by atoms with Gasteiger partial charge < -0.3 is 29.6 Å². The second kappa shape index (κ2) is 11.9. The summed E-state index contributed by atoms with van der Waals surface area (Å²) in [5.41, 5.74) is 6.48. The molecule has 2 aliphatic heterocycles. The van der Waals surface area contributed by atoms with E-state index >= 15 is 0 Å². The molecule has 1 aliphatic carbocycles. The van der Waals surface area contributed by atoms with Gasteiger partial charge in [0.1, 0.15) is 18.9 Å². The lowest BCUT2D eigenvalue weighted by atomic mass is 9.85. The van der Waals surface area contributed by atoms with E-state index in [1.54, 1.807) is 28.2 Å². The molecule has 2 unspecified atom stereocenters. The van der Waals surface area contributed by atoms with Crippen LogP contribution in [0.25, 0.3) is 11.3 Å². The summed E-state index contributed by atoms with van der Waals surface area (Å²) in [5.74, 6) is 1.10. The number of hydrogen-bond acceptors (Lipinski definition) is 8. The van der Waals surface area contributed by atoms with Gasteiger partial charge in [-0.1, -0.05) is 11.6 Å². The maximum atomic E-state index is 13.2. The van der Waals surface area contributed by atoms with E-state index in [9.17, 15) is 19.8 Å². The zero-order valence-corrected chi connectivity index (χ0v) is 26.1. The first kappa shape index (κ1) is 29.6. The summed E-state index contributed by atoms with van der Waals surface area (Å²) in [6.07, 6.45) is 0.812. The van der Waals surface area contributed by atoms with Gasteiger partial charge in [-0.05, 0) is 86.4 Å². The van der Waals surface area contributed by atoms with Crippen LogP contribution in [0.3, 0.4) is 0 Å². The fourth-order valence-corrected chi connectivity index (χ4v) is 7.87. The molecule has 3 heterocycles. The Balaban J connectivity index is 1.17. The standard InChI is InChI=1S/C33H40N4O5S/c1-19-5-8-28(25(11-19)27-18-43-33(34-27)37-14-22-6-7-23(15-37)30(22)32(40)41)42-17-26-20(2)12-24(13-21(26)3)31(39)36-10-9-35(4)29(38)16-36/h5,8,11-13,18,22-23,30,32,40-41H,6-7,9-10,14-17H2,1-4H3. The summed E-state index contributed by atoms with van der Waals surface area (Å²) in [7, 11) is 1.76. The van der Waals surface area contributed by atoms with Crippen molar-refractivity contribution in [2.75, 3.05) is 44.7 Å². The highest BCUT2D eigenvalue weighted by molar-refractivity contribution is 7.14. The Hall–Kier alpha value is -3.47. The van der Waals surface area contributed by atoms with Gasteiger partial charge in [0.05, 0.1) is 5.69 Å². The molecule has 2 saturated heterocycles. The number of aliphatic hydroxyl groups is 2. The molecule has 3 aliphatic rings. The highest BCUT2D eigenvalue weighted by Gasteiger charge is 2.45. The summed E-state index contributed by atoms with van der Waals surface area (Å²) in [5, 5.41) is 22.8. The Morgan fingerprint density at radius 3 is 2.42 bits per heavy atom. The summed E-state index contributed by atoms with van der Waals surface area (Å²) in [4.78, 5) is 35.9. The Bertz CT molecular complexity index is 1500. The smallest absolute Gasteiger partial charge is 0.254 e. The minimum atomic E-state index is -1.25.